The van der Waals surface area contributed by atoms with Crippen LogP contribution in [0.4, 0.5) is 5.69 Å². The summed E-state index contributed by atoms with van der Waals surface area (Å²) in [6, 6.07) is 60.6. The number of benzene rings is 8. The van der Waals surface area contributed by atoms with Gasteiger partial charge in [0.1, 0.15) is 0 Å². The molecular formula is C48H29N5. The Bertz CT molecular complexity index is 2960. The molecule has 0 spiro atoms. The maximum atomic E-state index is 7.67. The molecule has 5 heteroatoms. The summed E-state index contributed by atoms with van der Waals surface area (Å²) in [5, 5.41) is 6.63. The van der Waals surface area contributed by atoms with Crippen LogP contribution in [0.15, 0.2) is 176 Å². The molecule has 0 fully saturated rings. The zero-order chi connectivity index (χ0) is 35.3. The minimum absolute atomic E-state index is 0.616. The molecule has 0 atom stereocenters. The average Bonchev–Trinajstić information content (AvgIpc) is 3.56. The molecule has 0 radical (unpaired) electrons. The molecule has 0 aliphatic rings. The second-order valence-electron chi connectivity index (χ2n) is 13.2. The summed E-state index contributed by atoms with van der Waals surface area (Å²) >= 11 is 0. The molecule has 0 N–H and O–H groups in total. The van der Waals surface area contributed by atoms with E-state index in [1.807, 2.05) is 18.2 Å². The van der Waals surface area contributed by atoms with Crippen molar-refractivity contribution >= 4 is 49.0 Å². The van der Waals surface area contributed by atoms with Crippen molar-refractivity contribution in [2.45, 2.75) is 0 Å². The third-order valence-corrected chi connectivity index (χ3v) is 10.1. The van der Waals surface area contributed by atoms with Gasteiger partial charge in [-0.25, -0.2) is 19.8 Å². The molecule has 10 aromatic rings. The quantitative estimate of drug-likeness (QED) is 0.171. The van der Waals surface area contributed by atoms with Crippen LogP contribution in [-0.2, 0) is 0 Å². The van der Waals surface area contributed by atoms with E-state index in [1.54, 1.807) is 0 Å². The predicted octanol–water partition coefficient (Wildman–Crippen LogP) is 12.5. The van der Waals surface area contributed by atoms with E-state index >= 15 is 0 Å². The van der Waals surface area contributed by atoms with E-state index < -0.39 is 0 Å². The van der Waals surface area contributed by atoms with Crippen LogP contribution in [0, 0.1) is 6.57 Å². The molecule has 0 aliphatic heterocycles. The number of aromatic nitrogens is 4. The Kier molecular flexibility index (Phi) is 7.12. The van der Waals surface area contributed by atoms with Gasteiger partial charge in [0, 0.05) is 27.8 Å². The Labute approximate surface area is 305 Å². The van der Waals surface area contributed by atoms with E-state index in [0.717, 1.165) is 76.9 Å². The molecule has 53 heavy (non-hydrogen) atoms. The van der Waals surface area contributed by atoms with Crippen LogP contribution in [0.5, 0.6) is 0 Å². The van der Waals surface area contributed by atoms with Crippen LogP contribution in [0.1, 0.15) is 0 Å². The molecule has 0 saturated heterocycles. The van der Waals surface area contributed by atoms with Gasteiger partial charge in [0.05, 0.1) is 17.6 Å². The van der Waals surface area contributed by atoms with Crippen LogP contribution >= 0.6 is 0 Å². The van der Waals surface area contributed by atoms with Crippen LogP contribution in [0.2, 0.25) is 0 Å². The van der Waals surface area contributed by atoms with Crippen LogP contribution < -0.4 is 0 Å². The summed E-state index contributed by atoms with van der Waals surface area (Å²) < 4.78 is 2.27. The summed E-state index contributed by atoms with van der Waals surface area (Å²) in [4.78, 5) is 19.1. The summed E-state index contributed by atoms with van der Waals surface area (Å²) in [7, 11) is 0. The summed E-state index contributed by atoms with van der Waals surface area (Å²) in [6.07, 6.45) is 0. The van der Waals surface area contributed by atoms with Crippen molar-refractivity contribution in [2.24, 2.45) is 0 Å². The van der Waals surface area contributed by atoms with E-state index in [9.17, 15) is 0 Å². The standard InChI is InChI=1S/C48H29N5/c1-49-36-26-28-45-43(30-36)42-29-35(25-27-44(42)53(45)37-15-3-2-4-16-37)31-21-23-34(24-22-31)46-50-47(40-19-9-13-32-11-5-7-17-38(32)40)52-48(51-46)41-20-10-14-33-12-6-8-18-39(33)41/h2-30H. The first-order chi connectivity index (χ1) is 26.2. The minimum Gasteiger partial charge on any atom is -0.309 e. The highest BCUT2D eigenvalue weighted by atomic mass is 15.0. The van der Waals surface area contributed by atoms with Crippen molar-refractivity contribution in [3.05, 3.63) is 187 Å². The first kappa shape index (κ1) is 30.4. The fourth-order valence-electron chi connectivity index (χ4n) is 7.51. The highest BCUT2D eigenvalue weighted by molar-refractivity contribution is 6.11. The molecule has 246 valence electrons. The smallest absolute Gasteiger partial charge is 0.188 e. The van der Waals surface area contributed by atoms with Gasteiger partial charge < -0.3 is 4.57 Å². The van der Waals surface area contributed by atoms with Gasteiger partial charge >= 0.3 is 0 Å². The maximum absolute atomic E-state index is 7.67. The third-order valence-electron chi connectivity index (χ3n) is 10.1. The van der Waals surface area contributed by atoms with Gasteiger partial charge in [-0.1, -0.05) is 140 Å². The van der Waals surface area contributed by atoms with Crippen molar-refractivity contribution in [2.75, 3.05) is 0 Å². The molecule has 8 aromatic carbocycles. The Balaban J connectivity index is 1.11. The lowest BCUT2D eigenvalue weighted by Gasteiger charge is -2.12. The lowest BCUT2D eigenvalue weighted by molar-refractivity contribution is 1.08. The number of nitrogens with zero attached hydrogens (tertiary/aromatic N) is 5. The van der Waals surface area contributed by atoms with E-state index in [2.05, 4.69) is 167 Å². The van der Waals surface area contributed by atoms with Crippen molar-refractivity contribution < 1.29 is 0 Å². The molecule has 0 unspecified atom stereocenters. The monoisotopic (exact) mass is 675 g/mol. The SMILES string of the molecule is [C-]#[N+]c1ccc2c(c1)c1cc(-c3ccc(-c4nc(-c5cccc6ccccc56)nc(-c5cccc6ccccc56)n4)cc3)ccc1n2-c1ccccc1. The number of hydrogen-bond acceptors (Lipinski definition) is 3. The number of para-hydroxylation sites is 1. The predicted molar refractivity (Wildman–Crippen MR) is 217 cm³/mol. The molecule has 0 aliphatic carbocycles. The van der Waals surface area contributed by atoms with Crippen LogP contribution in [0.3, 0.4) is 0 Å². The van der Waals surface area contributed by atoms with Crippen LogP contribution in [-0.4, -0.2) is 19.5 Å². The minimum atomic E-state index is 0.616. The van der Waals surface area contributed by atoms with E-state index in [1.165, 1.54) is 0 Å². The Morgan fingerprint density at radius 3 is 1.55 bits per heavy atom. The van der Waals surface area contributed by atoms with Gasteiger partial charge in [0.2, 0.25) is 0 Å². The zero-order valence-corrected chi connectivity index (χ0v) is 28.5. The third kappa shape index (κ3) is 5.21. The Hall–Kier alpha value is -7.42. The first-order valence-electron chi connectivity index (χ1n) is 17.6. The van der Waals surface area contributed by atoms with Gasteiger partial charge in [-0.3, -0.25) is 0 Å². The van der Waals surface area contributed by atoms with Crippen molar-refractivity contribution in [3.63, 3.8) is 0 Å². The first-order valence-corrected chi connectivity index (χ1v) is 17.6. The number of hydrogen-bond donors (Lipinski definition) is 0. The van der Waals surface area contributed by atoms with Crippen molar-refractivity contribution in [3.8, 4) is 51.0 Å². The summed E-state index contributed by atoms with van der Waals surface area (Å²) in [6.45, 7) is 7.67. The summed E-state index contributed by atoms with van der Waals surface area (Å²) in [5.74, 6) is 1.89. The van der Waals surface area contributed by atoms with Gasteiger partial charge in [-0.2, -0.15) is 0 Å². The van der Waals surface area contributed by atoms with Gasteiger partial charge in [0.25, 0.3) is 0 Å². The molecule has 0 amide bonds. The lowest BCUT2D eigenvalue weighted by atomic mass is 10.0. The van der Waals surface area contributed by atoms with Crippen LogP contribution in [0.25, 0.3) is 99.2 Å². The van der Waals surface area contributed by atoms with Crippen molar-refractivity contribution in [1.29, 1.82) is 0 Å². The Morgan fingerprint density at radius 1 is 0.396 bits per heavy atom. The van der Waals surface area contributed by atoms with E-state index in [-0.39, 0.29) is 0 Å². The van der Waals surface area contributed by atoms with Crippen molar-refractivity contribution in [1.82, 2.24) is 19.5 Å². The lowest BCUT2D eigenvalue weighted by Crippen LogP contribution is -2.01. The van der Waals surface area contributed by atoms with Gasteiger partial charge in [-0.15, -0.1) is 0 Å². The number of rotatable bonds is 5. The molecule has 5 nitrogen and oxygen atoms in total. The van der Waals surface area contributed by atoms with E-state index in [0.29, 0.717) is 23.2 Å². The Morgan fingerprint density at radius 2 is 0.906 bits per heavy atom. The molecular weight excluding hydrogens is 647 g/mol. The largest absolute Gasteiger partial charge is 0.309 e. The average molecular weight is 676 g/mol. The number of fused-ring (bicyclic) bond motifs is 5. The fraction of sp³-hybridized carbons (Fsp3) is 0. The highest BCUT2D eigenvalue weighted by Gasteiger charge is 2.17. The topological polar surface area (TPSA) is 48.0 Å². The zero-order valence-electron chi connectivity index (χ0n) is 28.5. The summed E-state index contributed by atoms with van der Waals surface area (Å²) in [5.41, 5.74) is 8.89. The van der Waals surface area contributed by atoms with Gasteiger partial charge in [-0.05, 0) is 74.5 Å². The maximum Gasteiger partial charge on any atom is 0.188 e. The van der Waals surface area contributed by atoms with Gasteiger partial charge in [0.15, 0.2) is 23.2 Å². The molecule has 0 saturated carbocycles. The second-order valence-corrected chi connectivity index (χ2v) is 13.2. The second kappa shape index (κ2) is 12.4. The fourth-order valence-corrected chi connectivity index (χ4v) is 7.51. The normalized spacial score (nSPS) is 11.4. The molecule has 0 bridgehead atoms. The molecule has 2 aromatic heterocycles. The molecule has 10 rings (SSSR count). The van der Waals surface area contributed by atoms with E-state index in [4.69, 9.17) is 21.5 Å². The highest BCUT2D eigenvalue weighted by Crippen LogP contribution is 2.38. The molecule has 2 heterocycles.